The number of para-hydroxylation sites is 2. The molecular weight excluding hydrogens is 562 g/mol. The predicted octanol–water partition coefficient (Wildman–Crippen LogP) is 4.56. The lowest BCUT2D eigenvalue weighted by molar-refractivity contribution is -0.140. The molecule has 0 aliphatic carbocycles. The number of likely N-dealkylation sites (N-methyl/N-ethyl adjacent to an activating group) is 1. The molecule has 0 aliphatic rings. The molecule has 0 spiro atoms. The first-order valence-corrected chi connectivity index (χ1v) is 15.9. The molecular formula is C30H37N3O6S2. The number of methoxy groups -OCH3 is 1. The number of amides is 2. The maximum atomic E-state index is 14.1. The first kappa shape index (κ1) is 31.8. The van der Waals surface area contributed by atoms with Crippen LogP contribution in [-0.4, -0.2) is 64.7 Å². The molecule has 0 heterocycles. The van der Waals surface area contributed by atoms with Crippen LogP contribution in [0.4, 0.5) is 5.69 Å². The molecule has 0 aromatic heterocycles. The summed E-state index contributed by atoms with van der Waals surface area (Å²) in [6.07, 6.45) is 2.24. The van der Waals surface area contributed by atoms with E-state index in [9.17, 15) is 18.0 Å². The van der Waals surface area contributed by atoms with Crippen molar-refractivity contribution in [3.05, 3.63) is 78.4 Å². The minimum Gasteiger partial charge on any atom is -0.497 e. The van der Waals surface area contributed by atoms with Crippen molar-refractivity contribution in [2.24, 2.45) is 0 Å². The van der Waals surface area contributed by atoms with Gasteiger partial charge in [-0.3, -0.25) is 13.9 Å². The van der Waals surface area contributed by atoms with Crippen molar-refractivity contribution in [2.45, 2.75) is 42.6 Å². The first-order chi connectivity index (χ1) is 19.7. The molecule has 11 heteroatoms. The van der Waals surface area contributed by atoms with Crippen LogP contribution in [0.1, 0.15) is 25.8 Å². The third-order valence-electron chi connectivity index (χ3n) is 6.50. The highest BCUT2D eigenvalue weighted by Gasteiger charge is 2.34. The first-order valence-electron chi connectivity index (χ1n) is 13.2. The summed E-state index contributed by atoms with van der Waals surface area (Å²) in [6.45, 7) is 3.46. The lowest BCUT2D eigenvalue weighted by Crippen LogP contribution is -2.51. The molecule has 0 bridgehead atoms. The van der Waals surface area contributed by atoms with Crippen LogP contribution in [0.5, 0.6) is 11.5 Å². The number of anilines is 1. The molecule has 0 radical (unpaired) electrons. The Morgan fingerprint density at radius 2 is 1.63 bits per heavy atom. The maximum absolute atomic E-state index is 14.1. The van der Waals surface area contributed by atoms with Crippen molar-refractivity contribution < 1.29 is 27.5 Å². The smallest absolute Gasteiger partial charge is 0.264 e. The number of nitrogens with zero attached hydrogens (tertiary/aromatic N) is 2. The zero-order chi connectivity index (χ0) is 30.0. The number of ether oxygens (including phenoxy) is 2. The number of hydrogen-bond acceptors (Lipinski definition) is 7. The summed E-state index contributed by atoms with van der Waals surface area (Å²) in [7, 11) is -1.14. The average molecular weight is 600 g/mol. The second-order valence-electron chi connectivity index (χ2n) is 9.00. The molecule has 9 nitrogen and oxygen atoms in total. The van der Waals surface area contributed by atoms with Gasteiger partial charge in [-0.25, -0.2) is 8.42 Å². The highest BCUT2D eigenvalue weighted by molar-refractivity contribution is 7.98. The van der Waals surface area contributed by atoms with Crippen molar-refractivity contribution in [3.63, 3.8) is 0 Å². The van der Waals surface area contributed by atoms with Gasteiger partial charge in [0.15, 0.2) is 0 Å². The van der Waals surface area contributed by atoms with Gasteiger partial charge in [0.25, 0.3) is 10.0 Å². The molecule has 220 valence electrons. The Morgan fingerprint density at radius 3 is 2.20 bits per heavy atom. The molecule has 3 aromatic rings. The van der Waals surface area contributed by atoms with Crippen molar-refractivity contribution in [1.82, 2.24) is 10.2 Å². The maximum Gasteiger partial charge on any atom is 0.264 e. The molecule has 0 saturated carbocycles. The molecule has 1 unspecified atom stereocenters. The minimum absolute atomic E-state index is 0.0365. The Labute approximate surface area is 246 Å². The molecule has 2 amide bonds. The van der Waals surface area contributed by atoms with Gasteiger partial charge in [-0.15, -0.1) is 11.8 Å². The number of thioether (sulfide) groups is 1. The molecule has 0 aliphatic heterocycles. The summed E-state index contributed by atoms with van der Waals surface area (Å²) in [5.74, 6) is 0.104. The number of nitrogens with one attached hydrogen (secondary N) is 1. The van der Waals surface area contributed by atoms with E-state index in [4.69, 9.17) is 9.47 Å². The van der Waals surface area contributed by atoms with Crippen LogP contribution in [0, 0.1) is 0 Å². The molecule has 0 saturated heterocycles. The van der Waals surface area contributed by atoms with Gasteiger partial charge in [0.05, 0.1) is 24.3 Å². The topological polar surface area (TPSA) is 105 Å². The van der Waals surface area contributed by atoms with E-state index in [1.54, 1.807) is 69.5 Å². The van der Waals surface area contributed by atoms with Gasteiger partial charge in [-0.05, 0) is 73.7 Å². The van der Waals surface area contributed by atoms with Crippen LogP contribution in [0.2, 0.25) is 0 Å². The summed E-state index contributed by atoms with van der Waals surface area (Å²) >= 11 is 1.50. The van der Waals surface area contributed by atoms with Gasteiger partial charge in [0, 0.05) is 18.5 Å². The normalized spacial score (nSPS) is 11.8. The highest BCUT2D eigenvalue weighted by Crippen LogP contribution is 2.33. The van der Waals surface area contributed by atoms with E-state index < -0.39 is 28.5 Å². The van der Waals surface area contributed by atoms with Crippen molar-refractivity contribution >= 4 is 39.3 Å². The van der Waals surface area contributed by atoms with Gasteiger partial charge >= 0.3 is 0 Å². The SMILES string of the molecule is CCOc1ccccc1N(CC(=O)N(Cc1ccc(OC)cc1)C(CC)C(=O)NC)S(=O)(=O)c1ccc(SC)cc1. The van der Waals surface area contributed by atoms with E-state index in [0.29, 0.717) is 24.5 Å². The minimum atomic E-state index is -4.21. The standard InChI is InChI=1S/C30H37N3O6S2/c1-6-26(30(35)31-3)32(20-22-12-14-23(38-4)15-13-22)29(34)21-33(27-10-8-9-11-28(27)39-7-2)41(36,37)25-18-16-24(40-5)17-19-25/h8-19,26H,6-7,20-21H2,1-5H3,(H,31,35). The van der Waals surface area contributed by atoms with Gasteiger partial charge in [-0.2, -0.15) is 0 Å². The molecule has 1 atom stereocenters. The monoisotopic (exact) mass is 599 g/mol. The fourth-order valence-corrected chi connectivity index (χ4v) is 6.18. The Bertz CT molecular complexity index is 1410. The quantitative estimate of drug-likeness (QED) is 0.271. The second kappa shape index (κ2) is 14.8. The Kier molecular flexibility index (Phi) is 11.5. The zero-order valence-corrected chi connectivity index (χ0v) is 25.6. The number of hydrogen-bond donors (Lipinski definition) is 1. The molecule has 3 rings (SSSR count). The Balaban J connectivity index is 2.10. The van der Waals surface area contributed by atoms with Crippen molar-refractivity contribution in [2.75, 3.05) is 37.9 Å². The van der Waals surface area contributed by atoms with Crippen LogP contribution < -0.4 is 19.1 Å². The summed E-state index contributed by atoms with van der Waals surface area (Å²) in [5, 5.41) is 2.63. The van der Waals surface area contributed by atoms with Crippen LogP contribution in [-0.2, 0) is 26.2 Å². The fourth-order valence-electron chi connectivity index (χ4n) is 4.34. The summed E-state index contributed by atoms with van der Waals surface area (Å²) in [5.41, 5.74) is 0.993. The fraction of sp³-hybridized carbons (Fsp3) is 0.333. The van der Waals surface area contributed by atoms with E-state index >= 15 is 0 Å². The van der Waals surface area contributed by atoms with E-state index in [1.165, 1.54) is 35.8 Å². The lowest BCUT2D eigenvalue weighted by atomic mass is 10.1. The number of sulfonamides is 1. The van der Waals surface area contributed by atoms with Gasteiger partial charge < -0.3 is 19.7 Å². The number of rotatable bonds is 14. The van der Waals surface area contributed by atoms with E-state index in [1.807, 2.05) is 18.4 Å². The molecule has 3 aromatic carbocycles. The number of carbonyl (C=O) groups is 2. The van der Waals surface area contributed by atoms with Crippen LogP contribution in [0.3, 0.4) is 0 Å². The molecule has 41 heavy (non-hydrogen) atoms. The summed E-state index contributed by atoms with van der Waals surface area (Å²) in [4.78, 5) is 29.3. The largest absolute Gasteiger partial charge is 0.497 e. The Hall–Kier alpha value is -3.70. The van der Waals surface area contributed by atoms with Gasteiger partial charge in [0.2, 0.25) is 11.8 Å². The van der Waals surface area contributed by atoms with Gasteiger partial charge in [-0.1, -0.05) is 31.2 Å². The molecule has 1 N–H and O–H groups in total. The second-order valence-corrected chi connectivity index (χ2v) is 11.7. The number of carbonyl (C=O) groups excluding carboxylic acids is 2. The average Bonchev–Trinajstić information content (AvgIpc) is 3.00. The van der Waals surface area contributed by atoms with Crippen LogP contribution in [0.15, 0.2) is 82.6 Å². The third-order valence-corrected chi connectivity index (χ3v) is 9.02. The molecule has 0 fully saturated rings. The van der Waals surface area contributed by atoms with Crippen molar-refractivity contribution in [1.29, 1.82) is 0 Å². The zero-order valence-electron chi connectivity index (χ0n) is 24.0. The van der Waals surface area contributed by atoms with Gasteiger partial charge in [0.1, 0.15) is 24.1 Å². The summed E-state index contributed by atoms with van der Waals surface area (Å²) < 4.78 is 40.3. The highest BCUT2D eigenvalue weighted by atomic mass is 32.2. The lowest BCUT2D eigenvalue weighted by Gasteiger charge is -2.33. The predicted molar refractivity (Wildman–Crippen MR) is 162 cm³/mol. The Morgan fingerprint density at radius 1 is 0.976 bits per heavy atom. The van der Waals surface area contributed by atoms with Crippen LogP contribution in [0.25, 0.3) is 0 Å². The van der Waals surface area contributed by atoms with Crippen LogP contribution >= 0.6 is 11.8 Å². The van der Waals surface area contributed by atoms with E-state index in [0.717, 1.165) is 14.8 Å². The summed E-state index contributed by atoms with van der Waals surface area (Å²) in [6, 6.07) is 19.5. The third kappa shape index (κ3) is 7.74. The van der Waals surface area contributed by atoms with E-state index in [-0.39, 0.29) is 23.0 Å². The number of benzene rings is 3. The van der Waals surface area contributed by atoms with E-state index in [2.05, 4.69) is 5.32 Å². The van der Waals surface area contributed by atoms with Crippen molar-refractivity contribution in [3.8, 4) is 11.5 Å².